The third-order valence-electron chi connectivity index (χ3n) is 3.23. The second kappa shape index (κ2) is 5.25. The van der Waals surface area contributed by atoms with E-state index in [0.717, 1.165) is 0 Å². The van der Waals surface area contributed by atoms with Gasteiger partial charge in [0.25, 0.3) is 0 Å². The molecule has 2 aromatic carbocycles. The van der Waals surface area contributed by atoms with Gasteiger partial charge in [-0.2, -0.15) is 0 Å². The van der Waals surface area contributed by atoms with E-state index >= 15 is 0 Å². The molecule has 0 unspecified atom stereocenters. The minimum Gasteiger partial charge on any atom is -0.320 e. The van der Waals surface area contributed by atoms with E-state index in [1.54, 1.807) is 0 Å². The van der Waals surface area contributed by atoms with E-state index < -0.39 is 29.3 Å². The van der Waals surface area contributed by atoms with Gasteiger partial charge in [0.2, 0.25) is 0 Å². The van der Waals surface area contributed by atoms with Gasteiger partial charge in [-0.1, -0.05) is 0 Å². The standard InChI is InChI=1S/C15H13F4N/c1-7-3-9(13(18)5-11(7)16)15(20)10-4-8(2)12(17)6-14(10)19/h3-6,15H,20H2,1-2H3. The maximum Gasteiger partial charge on any atom is 0.131 e. The van der Waals surface area contributed by atoms with E-state index in [0.29, 0.717) is 12.1 Å². The maximum atomic E-state index is 13.8. The summed E-state index contributed by atoms with van der Waals surface area (Å²) >= 11 is 0. The van der Waals surface area contributed by atoms with Crippen molar-refractivity contribution in [1.82, 2.24) is 0 Å². The van der Waals surface area contributed by atoms with Crippen LogP contribution in [0.15, 0.2) is 24.3 Å². The van der Waals surface area contributed by atoms with Gasteiger partial charge in [0.05, 0.1) is 6.04 Å². The summed E-state index contributed by atoms with van der Waals surface area (Å²) in [5.41, 5.74) is 6.17. The monoisotopic (exact) mass is 283 g/mol. The highest BCUT2D eigenvalue weighted by Crippen LogP contribution is 2.27. The molecule has 0 spiro atoms. The Morgan fingerprint density at radius 2 is 1.05 bits per heavy atom. The minimum absolute atomic E-state index is 0.0335. The van der Waals surface area contributed by atoms with Gasteiger partial charge in [-0.3, -0.25) is 0 Å². The van der Waals surface area contributed by atoms with Crippen molar-refractivity contribution in [3.05, 3.63) is 69.8 Å². The van der Waals surface area contributed by atoms with Crippen LogP contribution < -0.4 is 5.73 Å². The third-order valence-corrected chi connectivity index (χ3v) is 3.23. The smallest absolute Gasteiger partial charge is 0.131 e. The molecule has 0 atom stereocenters. The van der Waals surface area contributed by atoms with Crippen LogP contribution in [0.5, 0.6) is 0 Å². The normalized spacial score (nSPS) is 11.2. The molecule has 2 aromatic rings. The van der Waals surface area contributed by atoms with Gasteiger partial charge in [-0.05, 0) is 37.1 Å². The summed E-state index contributed by atoms with van der Waals surface area (Å²) in [6.45, 7) is 2.91. The molecule has 0 aliphatic rings. The molecular weight excluding hydrogens is 270 g/mol. The van der Waals surface area contributed by atoms with Crippen molar-refractivity contribution >= 4 is 0 Å². The molecule has 20 heavy (non-hydrogen) atoms. The number of hydrogen-bond acceptors (Lipinski definition) is 1. The van der Waals surface area contributed by atoms with Crippen LogP contribution in [0.25, 0.3) is 0 Å². The number of halogens is 4. The zero-order chi connectivity index (χ0) is 15.0. The summed E-state index contributed by atoms with van der Waals surface area (Å²) in [5.74, 6) is -3.12. The summed E-state index contributed by atoms with van der Waals surface area (Å²) < 4.78 is 54.0. The van der Waals surface area contributed by atoms with Gasteiger partial charge < -0.3 is 5.73 Å². The van der Waals surface area contributed by atoms with Crippen molar-refractivity contribution in [3.63, 3.8) is 0 Å². The molecule has 0 aromatic heterocycles. The lowest BCUT2D eigenvalue weighted by Gasteiger charge is -2.16. The Balaban J connectivity index is 2.54. The first kappa shape index (κ1) is 14.5. The second-order valence-electron chi connectivity index (χ2n) is 4.72. The lowest BCUT2D eigenvalue weighted by molar-refractivity contribution is 0.544. The molecule has 106 valence electrons. The molecule has 0 heterocycles. The van der Waals surface area contributed by atoms with Crippen molar-refractivity contribution < 1.29 is 17.6 Å². The Labute approximate surface area is 114 Å². The molecule has 2 N–H and O–H groups in total. The Morgan fingerprint density at radius 3 is 1.40 bits per heavy atom. The molecule has 0 saturated heterocycles. The predicted octanol–water partition coefficient (Wildman–Crippen LogP) is 3.91. The Bertz CT molecular complexity index is 610. The summed E-state index contributed by atoms with van der Waals surface area (Å²) in [6.07, 6.45) is 0. The quantitative estimate of drug-likeness (QED) is 0.831. The van der Waals surface area contributed by atoms with Gasteiger partial charge in [0, 0.05) is 23.3 Å². The first-order valence-corrected chi connectivity index (χ1v) is 5.98. The summed E-state index contributed by atoms with van der Waals surface area (Å²) in [5, 5.41) is 0. The average Bonchev–Trinajstić information content (AvgIpc) is 2.37. The number of aryl methyl sites for hydroxylation is 2. The summed E-state index contributed by atoms with van der Waals surface area (Å²) in [4.78, 5) is 0. The van der Waals surface area contributed by atoms with Gasteiger partial charge in [0.1, 0.15) is 23.3 Å². The highest BCUT2D eigenvalue weighted by Gasteiger charge is 2.20. The fourth-order valence-corrected chi connectivity index (χ4v) is 2.00. The van der Waals surface area contributed by atoms with Crippen LogP contribution in [-0.4, -0.2) is 0 Å². The highest BCUT2D eigenvalue weighted by atomic mass is 19.1. The second-order valence-corrected chi connectivity index (χ2v) is 4.72. The maximum absolute atomic E-state index is 13.8. The topological polar surface area (TPSA) is 26.0 Å². The van der Waals surface area contributed by atoms with Gasteiger partial charge in [-0.25, -0.2) is 17.6 Å². The third kappa shape index (κ3) is 2.54. The first-order valence-electron chi connectivity index (χ1n) is 5.98. The van der Waals surface area contributed by atoms with E-state index in [4.69, 9.17) is 5.73 Å². The van der Waals surface area contributed by atoms with Crippen LogP contribution in [0.1, 0.15) is 28.3 Å². The Hall–Kier alpha value is -1.88. The van der Waals surface area contributed by atoms with E-state index in [9.17, 15) is 17.6 Å². The zero-order valence-corrected chi connectivity index (χ0v) is 11.0. The van der Waals surface area contributed by atoms with Gasteiger partial charge >= 0.3 is 0 Å². The van der Waals surface area contributed by atoms with E-state index in [2.05, 4.69) is 0 Å². The van der Waals surface area contributed by atoms with Crippen LogP contribution in [0.2, 0.25) is 0 Å². The number of benzene rings is 2. The molecular formula is C15H13F4N. The van der Waals surface area contributed by atoms with Crippen molar-refractivity contribution in [3.8, 4) is 0 Å². The van der Waals surface area contributed by atoms with Crippen LogP contribution in [0.3, 0.4) is 0 Å². The number of hydrogen-bond donors (Lipinski definition) is 1. The van der Waals surface area contributed by atoms with Crippen molar-refractivity contribution in [2.45, 2.75) is 19.9 Å². The van der Waals surface area contributed by atoms with Crippen molar-refractivity contribution in [1.29, 1.82) is 0 Å². The van der Waals surface area contributed by atoms with E-state index in [-0.39, 0.29) is 22.3 Å². The van der Waals surface area contributed by atoms with Gasteiger partial charge in [0.15, 0.2) is 0 Å². The number of nitrogens with two attached hydrogens (primary N) is 1. The number of rotatable bonds is 2. The molecule has 0 amide bonds. The van der Waals surface area contributed by atoms with E-state index in [1.165, 1.54) is 26.0 Å². The van der Waals surface area contributed by atoms with Crippen LogP contribution in [0.4, 0.5) is 17.6 Å². The van der Waals surface area contributed by atoms with Crippen LogP contribution in [0, 0.1) is 37.1 Å². The van der Waals surface area contributed by atoms with Crippen molar-refractivity contribution in [2.75, 3.05) is 0 Å². The molecule has 1 nitrogen and oxygen atoms in total. The zero-order valence-electron chi connectivity index (χ0n) is 11.0. The summed E-state index contributed by atoms with van der Waals surface area (Å²) in [7, 11) is 0. The summed E-state index contributed by atoms with van der Waals surface area (Å²) in [6, 6.07) is 2.74. The Kier molecular flexibility index (Phi) is 3.81. The lowest BCUT2D eigenvalue weighted by Crippen LogP contribution is -2.16. The fraction of sp³-hybridized carbons (Fsp3) is 0.200. The SMILES string of the molecule is Cc1cc(C(N)c2cc(C)c(F)cc2F)c(F)cc1F. The molecule has 2 rings (SSSR count). The lowest BCUT2D eigenvalue weighted by atomic mass is 9.95. The Morgan fingerprint density at radius 1 is 0.700 bits per heavy atom. The molecule has 0 radical (unpaired) electrons. The predicted molar refractivity (Wildman–Crippen MR) is 68.2 cm³/mol. The molecule has 5 heteroatoms. The molecule has 0 saturated carbocycles. The average molecular weight is 283 g/mol. The van der Waals surface area contributed by atoms with E-state index in [1.807, 2.05) is 0 Å². The molecule has 0 bridgehead atoms. The van der Waals surface area contributed by atoms with Crippen molar-refractivity contribution in [2.24, 2.45) is 5.73 Å². The van der Waals surface area contributed by atoms with Crippen LogP contribution >= 0.6 is 0 Å². The molecule has 0 aliphatic carbocycles. The highest BCUT2D eigenvalue weighted by molar-refractivity contribution is 5.37. The molecule has 0 aliphatic heterocycles. The largest absolute Gasteiger partial charge is 0.320 e. The fourth-order valence-electron chi connectivity index (χ4n) is 2.00. The molecule has 0 fully saturated rings. The minimum atomic E-state index is -1.13. The first-order chi connectivity index (χ1) is 9.31. The van der Waals surface area contributed by atoms with Gasteiger partial charge in [-0.15, -0.1) is 0 Å². The van der Waals surface area contributed by atoms with Crippen LogP contribution in [-0.2, 0) is 0 Å².